The monoisotopic (exact) mass is 256 g/mol. The van der Waals surface area contributed by atoms with Crippen molar-refractivity contribution < 1.29 is 14.6 Å². The Morgan fingerprint density at radius 3 is 2.37 bits per heavy atom. The molecule has 0 amide bonds. The number of methoxy groups -OCH3 is 1. The van der Waals surface area contributed by atoms with E-state index in [4.69, 9.17) is 9.84 Å². The molecule has 98 valence electrons. The molecule has 0 aliphatic rings. The molecule has 3 heteroatoms. The van der Waals surface area contributed by atoms with Gasteiger partial charge in [0.25, 0.3) is 0 Å². The lowest BCUT2D eigenvalue weighted by atomic mass is 9.96. The minimum Gasteiger partial charge on any atom is -0.496 e. The Kier molecular flexibility index (Phi) is 3.56. The number of carboxylic acid groups (broad SMARTS) is 1. The number of rotatable bonds is 3. The molecule has 0 heterocycles. The molecule has 0 aliphatic carbocycles. The third kappa shape index (κ3) is 2.60. The van der Waals surface area contributed by atoms with Crippen molar-refractivity contribution in [2.75, 3.05) is 7.11 Å². The van der Waals surface area contributed by atoms with E-state index in [1.807, 2.05) is 38.1 Å². The van der Waals surface area contributed by atoms with Crippen LogP contribution in [0.25, 0.3) is 11.1 Å². The second-order valence-electron chi connectivity index (χ2n) is 4.54. The van der Waals surface area contributed by atoms with Crippen molar-refractivity contribution >= 4 is 5.97 Å². The molecule has 2 aromatic carbocycles. The number of aryl methyl sites for hydroxylation is 2. The second kappa shape index (κ2) is 5.14. The summed E-state index contributed by atoms with van der Waals surface area (Å²) in [6.07, 6.45) is 0. The number of benzene rings is 2. The summed E-state index contributed by atoms with van der Waals surface area (Å²) < 4.78 is 5.37. The summed E-state index contributed by atoms with van der Waals surface area (Å²) in [7, 11) is 1.63. The van der Waals surface area contributed by atoms with Crippen molar-refractivity contribution in [2.45, 2.75) is 13.8 Å². The normalized spacial score (nSPS) is 10.3. The van der Waals surface area contributed by atoms with Crippen molar-refractivity contribution in [3.63, 3.8) is 0 Å². The molecule has 3 nitrogen and oxygen atoms in total. The van der Waals surface area contributed by atoms with Crippen LogP contribution in [-0.4, -0.2) is 18.2 Å². The van der Waals surface area contributed by atoms with E-state index in [0.717, 1.165) is 28.0 Å². The van der Waals surface area contributed by atoms with Gasteiger partial charge >= 0.3 is 5.97 Å². The number of hydrogen-bond acceptors (Lipinski definition) is 2. The molecule has 0 saturated heterocycles. The van der Waals surface area contributed by atoms with E-state index in [-0.39, 0.29) is 0 Å². The Labute approximate surface area is 112 Å². The lowest BCUT2D eigenvalue weighted by Crippen LogP contribution is -1.98. The molecule has 19 heavy (non-hydrogen) atoms. The summed E-state index contributed by atoms with van der Waals surface area (Å²) in [6.45, 7) is 3.92. The summed E-state index contributed by atoms with van der Waals surface area (Å²) in [6, 6.07) is 11.1. The van der Waals surface area contributed by atoms with Crippen LogP contribution in [0.2, 0.25) is 0 Å². The van der Waals surface area contributed by atoms with Gasteiger partial charge in [0.2, 0.25) is 0 Å². The van der Waals surface area contributed by atoms with E-state index in [2.05, 4.69) is 0 Å². The van der Waals surface area contributed by atoms with Crippen LogP contribution in [-0.2, 0) is 0 Å². The van der Waals surface area contributed by atoms with Gasteiger partial charge in [-0.25, -0.2) is 4.79 Å². The zero-order valence-electron chi connectivity index (χ0n) is 11.2. The molecule has 0 bridgehead atoms. The summed E-state index contributed by atoms with van der Waals surface area (Å²) in [5.74, 6) is -0.123. The van der Waals surface area contributed by atoms with Gasteiger partial charge in [-0.15, -0.1) is 0 Å². The highest BCUT2D eigenvalue weighted by atomic mass is 16.5. The smallest absolute Gasteiger partial charge is 0.335 e. The predicted octanol–water partition coefficient (Wildman–Crippen LogP) is 3.68. The minimum atomic E-state index is -0.911. The van der Waals surface area contributed by atoms with Crippen molar-refractivity contribution in [1.82, 2.24) is 0 Å². The standard InChI is InChI=1S/C16H16O3/c1-10-4-7-15(19-3)14(8-10)13-6-5-12(16(17)18)9-11(13)2/h4-9H,1-3H3,(H,17,18). The first-order valence-corrected chi connectivity index (χ1v) is 6.02. The highest BCUT2D eigenvalue weighted by Gasteiger charge is 2.11. The van der Waals surface area contributed by atoms with Gasteiger partial charge < -0.3 is 9.84 Å². The predicted molar refractivity (Wildman–Crippen MR) is 74.9 cm³/mol. The Bertz CT molecular complexity index is 630. The molecule has 2 rings (SSSR count). The highest BCUT2D eigenvalue weighted by molar-refractivity contribution is 5.89. The number of carboxylic acids is 1. The van der Waals surface area contributed by atoms with Crippen LogP contribution in [0.4, 0.5) is 0 Å². The fourth-order valence-electron chi connectivity index (χ4n) is 2.13. The highest BCUT2D eigenvalue weighted by Crippen LogP contribution is 2.33. The molecule has 0 radical (unpaired) electrons. The molecule has 0 fully saturated rings. The average Bonchev–Trinajstić information content (AvgIpc) is 2.38. The maximum absolute atomic E-state index is 11.0. The van der Waals surface area contributed by atoms with Crippen molar-refractivity contribution in [2.24, 2.45) is 0 Å². The van der Waals surface area contributed by atoms with Gasteiger partial charge in [0.15, 0.2) is 0 Å². The van der Waals surface area contributed by atoms with Crippen LogP contribution in [0.1, 0.15) is 21.5 Å². The van der Waals surface area contributed by atoms with Crippen molar-refractivity contribution in [1.29, 1.82) is 0 Å². The maximum atomic E-state index is 11.0. The first kappa shape index (κ1) is 13.1. The van der Waals surface area contributed by atoms with Crippen LogP contribution in [0.15, 0.2) is 36.4 Å². The van der Waals surface area contributed by atoms with Gasteiger partial charge in [-0.2, -0.15) is 0 Å². The fourth-order valence-corrected chi connectivity index (χ4v) is 2.13. The molecule has 1 N–H and O–H groups in total. The molecule has 0 aliphatic heterocycles. The summed E-state index contributed by atoms with van der Waals surface area (Å²) in [5, 5.41) is 8.99. The van der Waals surface area contributed by atoms with E-state index in [0.29, 0.717) is 5.56 Å². The molecule has 0 saturated carbocycles. The third-order valence-electron chi connectivity index (χ3n) is 3.12. The summed E-state index contributed by atoms with van der Waals surface area (Å²) >= 11 is 0. The molecule has 0 aromatic heterocycles. The largest absolute Gasteiger partial charge is 0.496 e. The molecular formula is C16H16O3. The van der Waals surface area contributed by atoms with Crippen LogP contribution < -0.4 is 4.74 Å². The van der Waals surface area contributed by atoms with Gasteiger partial charge in [0.1, 0.15) is 5.75 Å². The van der Waals surface area contributed by atoms with Crippen LogP contribution >= 0.6 is 0 Å². The van der Waals surface area contributed by atoms with Gasteiger partial charge in [0, 0.05) is 5.56 Å². The Balaban J connectivity index is 2.59. The van der Waals surface area contributed by atoms with E-state index in [1.165, 1.54) is 0 Å². The van der Waals surface area contributed by atoms with Crippen LogP contribution in [0.5, 0.6) is 5.75 Å². The topological polar surface area (TPSA) is 46.5 Å². The van der Waals surface area contributed by atoms with E-state index in [9.17, 15) is 4.79 Å². The number of ether oxygens (including phenoxy) is 1. The minimum absolute atomic E-state index is 0.299. The van der Waals surface area contributed by atoms with Crippen molar-refractivity contribution in [3.05, 3.63) is 53.1 Å². The third-order valence-corrected chi connectivity index (χ3v) is 3.12. The quantitative estimate of drug-likeness (QED) is 0.911. The molecular weight excluding hydrogens is 240 g/mol. The summed E-state index contributed by atoms with van der Waals surface area (Å²) in [4.78, 5) is 11.0. The van der Waals surface area contributed by atoms with Gasteiger partial charge in [-0.1, -0.05) is 17.7 Å². The SMILES string of the molecule is COc1ccc(C)cc1-c1ccc(C(=O)O)cc1C. The van der Waals surface area contributed by atoms with E-state index < -0.39 is 5.97 Å². The Morgan fingerprint density at radius 2 is 1.79 bits per heavy atom. The fraction of sp³-hybridized carbons (Fsp3) is 0.188. The average molecular weight is 256 g/mol. The zero-order valence-corrected chi connectivity index (χ0v) is 11.2. The van der Waals surface area contributed by atoms with Crippen molar-refractivity contribution in [3.8, 4) is 16.9 Å². The molecule has 0 spiro atoms. The maximum Gasteiger partial charge on any atom is 0.335 e. The van der Waals surface area contributed by atoms with Crippen LogP contribution in [0, 0.1) is 13.8 Å². The number of hydrogen-bond donors (Lipinski definition) is 1. The Hall–Kier alpha value is -2.29. The first-order chi connectivity index (χ1) is 9.02. The molecule has 2 aromatic rings. The van der Waals surface area contributed by atoms with E-state index >= 15 is 0 Å². The lowest BCUT2D eigenvalue weighted by molar-refractivity contribution is 0.0697. The second-order valence-corrected chi connectivity index (χ2v) is 4.54. The molecule has 0 atom stereocenters. The van der Waals surface area contributed by atoms with Gasteiger partial charge in [0.05, 0.1) is 12.7 Å². The van der Waals surface area contributed by atoms with E-state index in [1.54, 1.807) is 19.2 Å². The van der Waals surface area contributed by atoms with Gasteiger partial charge in [-0.05, 0) is 49.2 Å². The summed E-state index contributed by atoms with van der Waals surface area (Å²) in [5.41, 5.74) is 4.33. The molecule has 0 unspecified atom stereocenters. The lowest BCUT2D eigenvalue weighted by Gasteiger charge is -2.12. The van der Waals surface area contributed by atoms with Crippen LogP contribution in [0.3, 0.4) is 0 Å². The first-order valence-electron chi connectivity index (χ1n) is 6.02. The number of aromatic carboxylic acids is 1. The zero-order chi connectivity index (χ0) is 14.0. The van der Waals surface area contributed by atoms with Gasteiger partial charge in [-0.3, -0.25) is 0 Å². The number of carbonyl (C=O) groups is 1. The Morgan fingerprint density at radius 1 is 1.05 bits per heavy atom.